The molecule has 21 heavy (non-hydrogen) atoms. The lowest BCUT2D eigenvalue weighted by Gasteiger charge is -2.11. The Labute approximate surface area is 126 Å². The number of amides is 1. The molecule has 2 rings (SSSR count). The number of rotatable bonds is 4. The fourth-order valence-electron chi connectivity index (χ4n) is 1.82. The molecule has 0 radical (unpaired) electrons. The molecule has 2 aromatic carbocycles. The number of carbonyl (C=O) groups excluding carboxylic acids is 1. The highest BCUT2D eigenvalue weighted by atomic mass is 35.5. The maximum absolute atomic E-state index is 13.6. The van der Waals surface area contributed by atoms with Crippen molar-refractivity contribution in [2.24, 2.45) is 0 Å². The fourth-order valence-corrected chi connectivity index (χ4v) is 2.07. The van der Waals surface area contributed by atoms with Gasteiger partial charge >= 0.3 is 0 Å². The predicted molar refractivity (Wildman–Crippen MR) is 78.9 cm³/mol. The summed E-state index contributed by atoms with van der Waals surface area (Å²) in [5.74, 6) is -0.659. The lowest BCUT2D eigenvalue weighted by molar-refractivity contribution is 0.102. The first-order chi connectivity index (χ1) is 10.1. The third kappa shape index (κ3) is 3.25. The van der Waals surface area contributed by atoms with E-state index in [0.717, 1.165) is 6.07 Å². The summed E-state index contributed by atoms with van der Waals surface area (Å²) in [7, 11) is 2.80. The number of carbonyl (C=O) groups is 1. The SMILES string of the molecule is COc1ccc(C(=O)Nc2cccc(Cl)c2OC)cc1F. The summed E-state index contributed by atoms with van der Waals surface area (Å²) < 4.78 is 23.5. The third-order valence-electron chi connectivity index (χ3n) is 2.83. The highest BCUT2D eigenvalue weighted by molar-refractivity contribution is 6.32. The number of hydrogen-bond acceptors (Lipinski definition) is 3. The Hall–Kier alpha value is -2.27. The van der Waals surface area contributed by atoms with Crippen LogP contribution in [0.3, 0.4) is 0 Å². The van der Waals surface area contributed by atoms with Gasteiger partial charge in [-0.3, -0.25) is 4.79 Å². The average Bonchev–Trinajstić information content (AvgIpc) is 2.47. The Kier molecular flexibility index (Phi) is 4.65. The minimum Gasteiger partial charge on any atom is -0.494 e. The summed E-state index contributed by atoms with van der Waals surface area (Å²) in [4.78, 5) is 12.1. The number of hydrogen-bond donors (Lipinski definition) is 1. The van der Waals surface area contributed by atoms with Gasteiger partial charge in [-0.1, -0.05) is 17.7 Å². The average molecular weight is 310 g/mol. The van der Waals surface area contributed by atoms with Gasteiger partial charge in [0.2, 0.25) is 0 Å². The second-order valence-electron chi connectivity index (χ2n) is 4.12. The Balaban J connectivity index is 2.26. The summed E-state index contributed by atoms with van der Waals surface area (Å²) in [6, 6.07) is 8.92. The van der Waals surface area contributed by atoms with E-state index < -0.39 is 11.7 Å². The van der Waals surface area contributed by atoms with Crippen LogP contribution in [0, 0.1) is 5.82 Å². The van der Waals surface area contributed by atoms with Gasteiger partial charge in [0.1, 0.15) is 0 Å². The van der Waals surface area contributed by atoms with Gasteiger partial charge in [0.15, 0.2) is 17.3 Å². The van der Waals surface area contributed by atoms with Crippen molar-refractivity contribution in [2.45, 2.75) is 0 Å². The van der Waals surface area contributed by atoms with E-state index in [1.54, 1.807) is 18.2 Å². The van der Waals surface area contributed by atoms with Crippen molar-refractivity contribution in [3.63, 3.8) is 0 Å². The van der Waals surface area contributed by atoms with E-state index in [2.05, 4.69) is 5.32 Å². The van der Waals surface area contributed by atoms with Crippen LogP contribution < -0.4 is 14.8 Å². The zero-order valence-electron chi connectivity index (χ0n) is 11.4. The molecule has 0 bridgehead atoms. The van der Waals surface area contributed by atoms with Crippen molar-refractivity contribution in [2.75, 3.05) is 19.5 Å². The number of anilines is 1. The van der Waals surface area contributed by atoms with Gasteiger partial charge in [-0.25, -0.2) is 4.39 Å². The first-order valence-corrected chi connectivity index (χ1v) is 6.42. The normalized spacial score (nSPS) is 10.1. The minimum absolute atomic E-state index is 0.0758. The van der Waals surface area contributed by atoms with Gasteiger partial charge in [-0.15, -0.1) is 0 Å². The highest BCUT2D eigenvalue weighted by Crippen LogP contribution is 2.32. The van der Waals surface area contributed by atoms with Crippen LogP contribution in [-0.2, 0) is 0 Å². The maximum Gasteiger partial charge on any atom is 0.255 e. The largest absolute Gasteiger partial charge is 0.494 e. The molecule has 110 valence electrons. The Morgan fingerprint density at radius 2 is 1.95 bits per heavy atom. The van der Waals surface area contributed by atoms with E-state index in [4.69, 9.17) is 21.1 Å². The summed E-state index contributed by atoms with van der Waals surface area (Å²) in [6.07, 6.45) is 0. The molecule has 0 aliphatic rings. The molecule has 0 saturated carbocycles. The lowest BCUT2D eigenvalue weighted by Crippen LogP contribution is -2.13. The third-order valence-corrected chi connectivity index (χ3v) is 3.13. The number of nitrogens with one attached hydrogen (secondary N) is 1. The summed E-state index contributed by atoms with van der Waals surface area (Å²) in [5, 5.41) is 3.00. The van der Waals surface area contributed by atoms with Gasteiger partial charge < -0.3 is 14.8 Å². The van der Waals surface area contributed by atoms with E-state index >= 15 is 0 Å². The number of methoxy groups -OCH3 is 2. The molecule has 0 aliphatic heterocycles. The van der Waals surface area contributed by atoms with Crippen LogP contribution in [0.2, 0.25) is 5.02 Å². The standard InChI is InChI=1S/C15H13ClFNO3/c1-20-13-7-6-9(8-11(13)17)15(19)18-12-5-3-4-10(16)14(12)21-2/h3-8H,1-2H3,(H,18,19). The molecule has 1 amide bonds. The zero-order chi connectivity index (χ0) is 15.4. The van der Waals surface area contributed by atoms with Gasteiger partial charge in [-0.2, -0.15) is 0 Å². The number of benzene rings is 2. The first-order valence-electron chi connectivity index (χ1n) is 6.04. The molecule has 0 unspecified atom stereocenters. The number of halogens is 2. The van der Waals surface area contributed by atoms with Crippen LogP contribution >= 0.6 is 11.6 Å². The van der Waals surface area contributed by atoms with Gasteiger partial charge in [-0.05, 0) is 30.3 Å². The van der Waals surface area contributed by atoms with Crippen LogP contribution in [0.4, 0.5) is 10.1 Å². The minimum atomic E-state index is -0.608. The molecule has 0 saturated heterocycles. The zero-order valence-corrected chi connectivity index (χ0v) is 12.2. The highest BCUT2D eigenvalue weighted by Gasteiger charge is 2.14. The molecule has 0 spiro atoms. The molecule has 1 N–H and O–H groups in total. The Morgan fingerprint density at radius 1 is 1.19 bits per heavy atom. The Bertz CT molecular complexity index is 676. The van der Waals surface area contributed by atoms with E-state index in [-0.39, 0.29) is 11.3 Å². The van der Waals surface area contributed by atoms with Gasteiger partial charge in [0, 0.05) is 5.56 Å². The summed E-state index contributed by atoms with van der Waals surface area (Å²) in [6.45, 7) is 0. The van der Waals surface area contributed by atoms with Crippen LogP contribution in [0.15, 0.2) is 36.4 Å². The van der Waals surface area contributed by atoms with Crippen LogP contribution in [0.5, 0.6) is 11.5 Å². The van der Waals surface area contributed by atoms with E-state index in [1.165, 1.54) is 26.4 Å². The van der Waals surface area contributed by atoms with E-state index in [1.807, 2.05) is 0 Å². The molecule has 0 aliphatic carbocycles. The van der Waals surface area contributed by atoms with E-state index in [9.17, 15) is 9.18 Å². The van der Waals surface area contributed by atoms with Crippen LogP contribution in [0.1, 0.15) is 10.4 Å². The van der Waals surface area contributed by atoms with Crippen molar-refractivity contribution in [1.29, 1.82) is 0 Å². The Morgan fingerprint density at radius 3 is 2.57 bits per heavy atom. The molecular formula is C15H13ClFNO3. The van der Waals surface area contributed by atoms with Crippen molar-refractivity contribution >= 4 is 23.2 Å². The number of ether oxygens (including phenoxy) is 2. The second kappa shape index (κ2) is 6.45. The van der Waals surface area contributed by atoms with Crippen molar-refractivity contribution < 1.29 is 18.7 Å². The van der Waals surface area contributed by atoms with Crippen molar-refractivity contribution in [1.82, 2.24) is 0 Å². The van der Waals surface area contributed by atoms with Crippen LogP contribution in [-0.4, -0.2) is 20.1 Å². The maximum atomic E-state index is 13.6. The topological polar surface area (TPSA) is 47.6 Å². The molecule has 0 heterocycles. The molecule has 4 nitrogen and oxygen atoms in total. The second-order valence-corrected chi connectivity index (χ2v) is 4.53. The van der Waals surface area contributed by atoms with Gasteiger partial charge in [0.25, 0.3) is 5.91 Å². The summed E-state index contributed by atoms with van der Waals surface area (Å²) in [5.41, 5.74) is 0.571. The molecule has 0 atom stereocenters. The molecule has 0 fully saturated rings. The quantitative estimate of drug-likeness (QED) is 0.935. The predicted octanol–water partition coefficient (Wildman–Crippen LogP) is 3.75. The lowest BCUT2D eigenvalue weighted by atomic mass is 10.2. The smallest absolute Gasteiger partial charge is 0.255 e. The van der Waals surface area contributed by atoms with E-state index in [0.29, 0.717) is 16.5 Å². The van der Waals surface area contributed by atoms with Crippen LogP contribution in [0.25, 0.3) is 0 Å². The fraction of sp³-hybridized carbons (Fsp3) is 0.133. The molecular weight excluding hydrogens is 297 g/mol. The summed E-state index contributed by atoms with van der Waals surface area (Å²) >= 11 is 5.97. The molecule has 2 aromatic rings. The molecule has 6 heteroatoms. The molecule has 0 aromatic heterocycles. The number of para-hydroxylation sites is 1. The van der Waals surface area contributed by atoms with Crippen molar-refractivity contribution in [3.05, 3.63) is 52.8 Å². The monoisotopic (exact) mass is 309 g/mol. The first kappa shape index (κ1) is 15.1. The van der Waals surface area contributed by atoms with Crippen molar-refractivity contribution in [3.8, 4) is 11.5 Å². The van der Waals surface area contributed by atoms with Gasteiger partial charge in [0.05, 0.1) is 24.9 Å².